The second-order valence-corrected chi connectivity index (χ2v) is 6.27. The van der Waals surface area contributed by atoms with Gasteiger partial charge in [-0.05, 0) is 49.1 Å². The predicted molar refractivity (Wildman–Crippen MR) is 90.5 cm³/mol. The maximum atomic E-state index is 13.4. The number of furan rings is 1. The third-order valence-electron chi connectivity index (χ3n) is 4.58. The molecular weight excluding hydrogens is 321 g/mol. The van der Waals surface area contributed by atoms with Crippen LogP contribution in [0.25, 0.3) is 11.5 Å². The van der Waals surface area contributed by atoms with Crippen molar-refractivity contribution in [3.63, 3.8) is 0 Å². The molecule has 0 bridgehead atoms. The number of hydrogen-bond donors (Lipinski definition) is 1. The second-order valence-electron chi connectivity index (χ2n) is 6.27. The molecule has 5 nitrogen and oxygen atoms in total. The molecule has 3 aromatic rings. The molecule has 1 atom stereocenters. The number of aromatic amines is 1. The predicted octanol–water partition coefficient (Wildman–Crippen LogP) is 3.66. The lowest BCUT2D eigenvalue weighted by Crippen LogP contribution is -2.37. The summed E-state index contributed by atoms with van der Waals surface area (Å²) < 4.78 is 18.7. The first-order valence-electron chi connectivity index (χ1n) is 8.35. The van der Waals surface area contributed by atoms with Crippen LogP contribution < -0.4 is 0 Å². The van der Waals surface area contributed by atoms with Crippen molar-refractivity contribution in [1.82, 2.24) is 15.1 Å². The first-order valence-corrected chi connectivity index (χ1v) is 8.35. The highest BCUT2D eigenvalue weighted by molar-refractivity contribution is 5.93. The minimum atomic E-state index is -0.247. The maximum absolute atomic E-state index is 13.4. The molecule has 0 unspecified atom stereocenters. The van der Waals surface area contributed by atoms with Gasteiger partial charge in [-0.15, -0.1) is 0 Å². The number of carbonyl (C=O) groups is 1. The van der Waals surface area contributed by atoms with Gasteiger partial charge in [0.05, 0.1) is 6.26 Å². The van der Waals surface area contributed by atoms with Crippen LogP contribution in [0.3, 0.4) is 0 Å². The van der Waals surface area contributed by atoms with Crippen molar-refractivity contribution in [2.24, 2.45) is 0 Å². The molecule has 6 heteroatoms. The molecule has 1 fully saturated rings. The molecule has 0 aliphatic carbocycles. The van der Waals surface area contributed by atoms with E-state index in [0.717, 1.165) is 18.4 Å². The zero-order valence-corrected chi connectivity index (χ0v) is 13.6. The molecule has 3 heterocycles. The average molecular weight is 339 g/mol. The summed E-state index contributed by atoms with van der Waals surface area (Å²) in [5.74, 6) is 0.293. The number of H-pyrrole nitrogens is 1. The van der Waals surface area contributed by atoms with Gasteiger partial charge in [0, 0.05) is 18.7 Å². The Morgan fingerprint density at radius 2 is 2.24 bits per heavy atom. The van der Waals surface area contributed by atoms with Gasteiger partial charge < -0.3 is 9.32 Å². The number of amides is 1. The van der Waals surface area contributed by atoms with E-state index >= 15 is 0 Å². The van der Waals surface area contributed by atoms with Gasteiger partial charge in [-0.25, -0.2) is 4.39 Å². The van der Waals surface area contributed by atoms with Gasteiger partial charge in [-0.2, -0.15) is 5.10 Å². The average Bonchev–Trinajstić information content (AvgIpc) is 3.35. The van der Waals surface area contributed by atoms with Gasteiger partial charge >= 0.3 is 0 Å². The number of carbonyl (C=O) groups excluding carboxylic acids is 1. The number of benzene rings is 1. The van der Waals surface area contributed by atoms with Crippen LogP contribution in [-0.4, -0.2) is 33.6 Å². The van der Waals surface area contributed by atoms with E-state index in [1.54, 1.807) is 24.5 Å². The minimum Gasteiger partial charge on any atom is -0.463 e. The number of halogens is 1. The quantitative estimate of drug-likeness (QED) is 0.789. The molecule has 25 heavy (non-hydrogen) atoms. The summed E-state index contributed by atoms with van der Waals surface area (Å²) in [6, 6.07) is 11.9. The zero-order valence-electron chi connectivity index (χ0n) is 13.6. The molecule has 0 spiro atoms. The molecule has 1 amide bonds. The molecular formula is C19H18FN3O2. The number of hydrogen-bond acceptors (Lipinski definition) is 3. The van der Waals surface area contributed by atoms with Gasteiger partial charge in [0.2, 0.25) is 0 Å². The van der Waals surface area contributed by atoms with Crippen molar-refractivity contribution in [3.05, 3.63) is 65.8 Å². The van der Waals surface area contributed by atoms with E-state index in [4.69, 9.17) is 4.42 Å². The largest absolute Gasteiger partial charge is 0.463 e. The summed E-state index contributed by atoms with van der Waals surface area (Å²) in [5, 5.41) is 6.98. The van der Waals surface area contributed by atoms with Crippen molar-refractivity contribution < 1.29 is 13.6 Å². The van der Waals surface area contributed by atoms with Crippen LogP contribution in [-0.2, 0) is 6.42 Å². The van der Waals surface area contributed by atoms with E-state index in [9.17, 15) is 9.18 Å². The highest BCUT2D eigenvalue weighted by atomic mass is 19.1. The molecule has 2 aromatic heterocycles. The maximum Gasteiger partial charge on any atom is 0.274 e. The van der Waals surface area contributed by atoms with Gasteiger partial charge in [0.25, 0.3) is 5.91 Å². The fourth-order valence-electron chi connectivity index (χ4n) is 3.39. The Hall–Kier alpha value is -2.89. The highest BCUT2D eigenvalue weighted by Gasteiger charge is 2.31. The molecule has 1 aliphatic heterocycles. The first-order chi connectivity index (χ1) is 12.2. The lowest BCUT2D eigenvalue weighted by atomic mass is 10.0. The van der Waals surface area contributed by atoms with Crippen LogP contribution in [0.15, 0.2) is 53.1 Å². The summed E-state index contributed by atoms with van der Waals surface area (Å²) in [4.78, 5) is 14.7. The van der Waals surface area contributed by atoms with E-state index in [1.807, 2.05) is 17.0 Å². The zero-order chi connectivity index (χ0) is 17.2. The van der Waals surface area contributed by atoms with Crippen LogP contribution in [0.5, 0.6) is 0 Å². The van der Waals surface area contributed by atoms with Crippen LogP contribution in [0.1, 0.15) is 28.9 Å². The molecule has 128 valence electrons. The third kappa shape index (κ3) is 3.20. The van der Waals surface area contributed by atoms with Gasteiger partial charge in [-0.3, -0.25) is 9.89 Å². The number of likely N-dealkylation sites (tertiary alicyclic amines) is 1. The van der Waals surface area contributed by atoms with E-state index in [0.29, 0.717) is 30.1 Å². The summed E-state index contributed by atoms with van der Waals surface area (Å²) in [5.41, 5.74) is 1.95. The third-order valence-corrected chi connectivity index (χ3v) is 4.58. The van der Waals surface area contributed by atoms with E-state index < -0.39 is 0 Å². The number of aromatic nitrogens is 2. The molecule has 1 aliphatic rings. The summed E-state index contributed by atoms with van der Waals surface area (Å²) in [6.45, 7) is 0.696. The van der Waals surface area contributed by atoms with E-state index in [2.05, 4.69) is 10.2 Å². The number of nitrogens with zero attached hydrogens (tertiary/aromatic N) is 2. The Morgan fingerprint density at radius 3 is 3.04 bits per heavy atom. The van der Waals surface area contributed by atoms with Crippen LogP contribution in [0.2, 0.25) is 0 Å². The monoisotopic (exact) mass is 339 g/mol. The van der Waals surface area contributed by atoms with Gasteiger partial charge in [0.1, 0.15) is 11.5 Å². The molecule has 0 radical (unpaired) electrons. The van der Waals surface area contributed by atoms with Crippen molar-refractivity contribution >= 4 is 5.91 Å². The molecule has 1 aromatic carbocycles. The van der Waals surface area contributed by atoms with Gasteiger partial charge in [-0.1, -0.05) is 12.1 Å². The number of nitrogens with one attached hydrogen (secondary N) is 1. The second kappa shape index (κ2) is 6.55. The van der Waals surface area contributed by atoms with Crippen molar-refractivity contribution in [1.29, 1.82) is 0 Å². The normalized spacial score (nSPS) is 17.2. The molecule has 1 N–H and O–H groups in total. The van der Waals surface area contributed by atoms with Gasteiger partial charge in [0.15, 0.2) is 11.5 Å². The summed E-state index contributed by atoms with van der Waals surface area (Å²) in [6.07, 6.45) is 4.09. The highest BCUT2D eigenvalue weighted by Crippen LogP contribution is 2.25. The lowest BCUT2D eigenvalue weighted by Gasteiger charge is -2.24. The van der Waals surface area contributed by atoms with Crippen LogP contribution >= 0.6 is 0 Å². The summed E-state index contributed by atoms with van der Waals surface area (Å²) in [7, 11) is 0. The number of rotatable bonds is 4. The summed E-state index contributed by atoms with van der Waals surface area (Å²) >= 11 is 0. The van der Waals surface area contributed by atoms with E-state index in [-0.39, 0.29) is 17.8 Å². The topological polar surface area (TPSA) is 62.1 Å². The van der Waals surface area contributed by atoms with Crippen molar-refractivity contribution in [2.45, 2.75) is 25.3 Å². The molecule has 1 saturated heterocycles. The molecule has 4 rings (SSSR count). The fraction of sp³-hybridized carbons (Fsp3) is 0.263. The Bertz CT molecular complexity index is 872. The van der Waals surface area contributed by atoms with Crippen LogP contribution in [0, 0.1) is 5.82 Å². The standard InChI is InChI=1S/C19H18FN3O2/c20-14-5-1-4-13(10-14)11-15-6-2-8-23(15)19(24)17-12-16(21-22-17)18-7-3-9-25-18/h1,3-5,7,9-10,12,15H,2,6,8,11H2,(H,21,22)/t15-/m1/s1. The smallest absolute Gasteiger partial charge is 0.274 e. The molecule has 0 saturated carbocycles. The van der Waals surface area contributed by atoms with E-state index in [1.165, 1.54) is 12.1 Å². The SMILES string of the molecule is O=C(c1cc(-c2ccco2)[nH]n1)N1CCC[C@@H]1Cc1cccc(F)c1. The lowest BCUT2D eigenvalue weighted by molar-refractivity contribution is 0.0730. The Morgan fingerprint density at radius 1 is 1.32 bits per heavy atom. The van der Waals surface area contributed by atoms with Crippen LogP contribution in [0.4, 0.5) is 4.39 Å². The first kappa shape index (κ1) is 15.6. The van der Waals surface area contributed by atoms with Crippen molar-refractivity contribution in [2.75, 3.05) is 6.54 Å². The fourth-order valence-corrected chi connectivity index (χ4v) is 3.39. The van der Waals surface area contributed by atoms with Crippen molar-refractivity contribution in [3.8, 4) is 11.5 Å². The minimum absolute atomic E-state index is 0.0677. The Labute approximate surface area is 144 Å². The Balaban J connectivity index is 1.51. The Kier molecular flexibility index (Phi) is 4.09.